The number of amides is 1. The van der Waals surface area contributed by atoms with Gasteiger partial charge in [0.05, 0.1) is 0 Å². The van der Waals surface area contributed by atoms with Crippen LogP contribution in [-0.4, -0.2) is 59.0 Å². The highest BCUT2D eigenvalue weighted by atomic mass is 79.9. The minimum atomic E-state index is -0.822. The van der Waals surface area contributed by atoms with Crippen molar-refractivity contribution in [2.45, 2.75) is 19.9 Å². The fourth-order valence-corrected chi connectivity index (χ4v) is 2.82. The highest BCUT2D eigenvalue weighted by Crippen LogP contribution is 2.19. The second-order valence-corrected chi connectivity index (χ2v) is 6.22. The quantitative estimate of drug-likeness (QED) is 0.901. The van der Waals surface area contributed by atoms with Gasteiger partial charge in [0.15, 0.2) is 0 Å². The molecule has 1 fully saturated rings. The molecule has 0 bridgehead atoms. The lowest BCUT2D eigenvalue weighted by Gasteiger charge is -2.36. The first-order chi connectivity index (χ1) is 9.90. The van der Waals surface area contributed by atoms with Crippen molar-refractivity contribution in [1.82, 2.24) is 9.80 Å². The SMILES string of the molecule is Cc1ccc(Br)cc1C(=O)N1CCN(C(C)C(=O)O)CC1. The predicted octanol–water partition coefficient (Wildman–Crippen LogP) is 1.99. The first-order valence-corrected chi connectivity index (χ1v) is 7.71. The lowest BCUT2D eigenvalue weighted by Crippen LogP contribution is -2.53. The molecule has 1 aliphatic rings. The lowest BCUT2D eigenvalue weighted by atomic mass is 10.1. The number of nitrogens with zero attached hydrogens (tertiary/aromatic N) is 2. The molecule has 1 heterocycles. The third-order valence-electron chi connectivity index (χ3n) is 3.94. The van der Waals surface area contributed by atoms with Gasteiger partial charge in [0.25, 0.3) is 5.91 Å². The highest BCUT2D eigenvalue weighted by Gasteiger charge is 2.28. The van der Waals surface area contributed by atoms with Gasteiger partial charge in [-0.25, -0.2) is 0 Å². The van der Waals surface area contributed by atoms with Crippen LogP contribution in [0.3, 0.4) is 0 Å². The topological polar surface area (TPSA) is 60.9 Å². The number of benzene rings is 1. The van der Waals surface area contributed by atoms with Gasteiger partial charge in [-0.3, -0.25) is 14.5 Å². The Morgan fingerprint density at radius 2 is 1.86 bits per heavy atom. The number of piperazine rings is 1. The van der Waals surface area contributed by atoms with E-state index in [1.165, 1.54) is 0 Å². The summed E-state index contributed by atoms with van der Waals surface area (Å²) in [7, 11) is 0. The van der Waals surface area contributed by atoms with Crippen molar-refractivity contribution in [1.29, 1.82) is 0 Å². The number of carboxylic acids is 1. The number of aryl methyl sites for hydroxylation is 1. The number of halogens is 1. The standard InChI is InChI=1S/C15H19BrN2O3/c1-10-3-4-12(16)9-13(10)14(19)18-7-5-17(6-8-18)11(2)15(20)21/h3-4,9,11H,5-8H2,1-2H3,(H,20,21). The molecule has 6 heteroatoms. The summed E-state index contributed by atoms with van der Waals surface area (Å²) in [6.45, 7) is 5.89. The summed E-state index contributed by atoms with van der Waals surface area (Å²) < 4.78 is 0.884. The average Bonchev–Trinajstić information content (AvgIpc) is 2.48. The predicted molar refractivity (Wildman–Crippen MR) is 83.5 cm³/mol. The molecule has 0 spiro atoms. The molecule has 2 rings (SSSR count). The van der Waals surface area contributed by atoms with Gasteiger partial charge in [0.1, 0.15) is 6.04 Å². The molecule has 1 saturated heterocycles. The minimum absolute atomic E-state index is 0.0106. The molecule has 1 aromatic rings. The van der Waals surface area contributed by atoms with E-state index in [1.54, 1.807) is 11.8 Å². The smallest absolute Gasteiger partial charge is 0.320 e. The summed E-state index contributed by atoms with van der Waals surface area (Å²) in [6, 6.07) is 5.16. The van der Waals surface area contributed by atoms with E-state index in [4.69, 9.17) is 5.11 Å². The summed E-state index contributed by atoms with van der Waals surface area (Å²) >= 11 is 3.39. The zero-order valence-corrected chi connectivity index (χ0v) is 13.8. The van der Waals surface area contributed by atoms with Crippen LogP contribution >= 0.6 is 15.9 Å². The highest BCUT2D eigenvalue weighted by molar-refractivity contribution is 9.10. The fraction of sp³-hybridized carbons (Fsp3) is 0.467. The molecule has 1 amide bonds. The van der Waals surface area contributed by atoms with Crippen molar-refractivity contribution in [2.24, 2.45) is 0 Å². The van der Waals surface area contributed by atoms with Crippen LogP contribution in [0, 0.1) is 6.92 Å². The first-order valence-electron chi connectivity index (χ1n) is 6.92. The normalized spacial score (nSPS) is 17.6. The summed E-state index contributed by atoms with van der Waals surface area (Å²) in [5.74, 6) is -0.811. The third kappa shape index (κ3) is 3.63. The van der Waals surface area contributed by atoms with Gasteiger partial charge in [-0.1, -0.05) is 22.0 Å². The molecule has 1 aliphatic heterocycles. The molecule has 1 N–H and O–H groups in total. The van der Waals surface area contributed by atoms with E-state index < -0.39 is 12.0 Å². The van der Waals surface area contributed by atoms with Crippen LogP contribution in [0.4, 0.5) is 0 Å². The van der Waals surface area contributed by atoms with Gasteiger partial charge in [-0.2, -0.15) is 0 Å². The molecule has 0 aromatic heterocycles. The van der Waals surface area contributed by atoms with Crippen molar-refractivity contribution in [2.75, 3.05) is 26.2 Å². The lowest BCUT2D eigenvalue weighted by molar-refractivity contribution is -0.143. The molecule has 0 radical (unpaired) electrons. The third-order valence-corrected chi connectivity index (χ3v) is 4.43. The maximum atomic E-state index is 12.6. The molecule has 1 unspecified atom stereocenters. The number of hydrogen-bond donors (Lipinski definition) is 1. The largest absolute Gasteiger partial charge is 0.480 e. The second kappa shape index (κ2) is 6.58. The Balaban J connectivity index is 2.03. The van der Waals surface area contributed by atoms with E-state index in [9.17, 15) is 9.59 Å². The van der Waals surface area contributed by atoms with E-state index in [-0.39, 0.29) is 5.91 Å². The molecular weight excluding hydrogens is 336 g/mol. The minimum Gasteiger partial charge on any atom is -0.480 e. The first kappa shape index (κ1) is 16.0. The Kier molecular flexibility index (Phi) is 5.00. The van der Waals surface area contributed by atoms with Crippen LogP contribution in [0.5, 0.6) is 0 Å². The number of carbonyl (C=O) groups excluding carboxylic acids is 1. The Hall–Kier alpha value is -1.40. The van der Waals surface area contributed by atoms with Gasteiger partial charge in [-0.15, -0.1) is 0 Å². The molecular formula is C15H19BrN2O3. The number of hydrogen-bond acceptors (Lipinski definition) is 3. The van der Waals surface area contributed by atoms with Crippen LogP contribution in [0.2, 0.25) is 0 Å². The average molecular weight is 355 g/mol. The molecule has 1 atom stereocenters. The molecule has 114 valence electrons. The maximum absolute atomic E-state index is 12.6. The maximum Gasteiger partial charge on any atom is 0.320 e. The van der Waals surface area contributed by atoms with E-state index in [0.29, 0.717) is 31.7 Å². The van der Waals surface area contributed by atoms with Crippen molar-refractivity contribution >= 4 is 27.8 Å². The van der Waals surface area contributed by atoms with Crippen LogP contribution in [0.15, 0.2) is 22.7 Å². The van der Waals surface area contributed by atoms with Crippen LogP contribution < -0.4 is 0 Å². The van der Waals surface area contributed by atoms with Gasteiger partial charge < -0.3 is 10.0 Å². The van der Waals surface area contributed by atoms with Crippen LogP contribution in [0.1, 0.15) is 22.8 Å². The van der Waals surface area contributed by atoms with Crippen LogP contribution in [-0.2, 0) is 4.79 Å². The van der Waals surface area contributed by atoms with Crippen molar-refractivity contribution in [3.8, 4) is 0 Å². The van der Waals surface area contributed by atoms with E-state index in [1.807, 2.05) is 30.0 Å². The zero-order chi connectivity index (χ0) is 15.6. The molecule has 0 saturated carbocycles. The van der Waals surface area contributed by atoms with Crippen molar-refractivity contribution in [3.05, 3.63) is 33.8 Å². The van der Waals surface area contributed by atoms with Crippen molar-refractivity contribution < 1.29 is 14.7 Å². The Bertz CT molecular complexity index is 554. The van der Waals surface area contributed by atoms with Gasteiger partial charge in [0.2, 0.25) is 0 Å². The monoisotopic (exact) mass is 354 g/mol. The van der Waals surface area contributed by atoms with Gasteiger partial charge in [-0.05, 0) is 31.5 Å². The number of rotatable bonds is 3. The molecule has 21 heavy (non-hydrogen) atoms. The molecule has 0 aliphatic carbocycles. The summed E-state index contributed by atoms with van der Waals surface area (Å²) in [6.07, 6.45) is 0. The Labute approximate surface area is 132 Å². The van der Waals surface area contributed by atoms with E-state index >= 15 is 0 Å². The van der Waals surface area contributed by atoms with E-state index in [0.717, 1.165) is 10.0 Å². The van der Waals surface area contributed by atoms with Crippen LogP contribution in [0.25, 0.3) is 0 Å². The van der Waals surface area contributed by atoms with Gasteiger partial charge >= 0.3 is 5.97 Å². The van der Waals surface area contributed by atoms with Gasteiger partial charge in [0, 0.05) is 36.2 Å². The number of aliphatic carboxylic acids is 1. The molecule has 5 nitrogen and oxygen atoms in total. The zero-order valence-electron chi connectivity index (χ0n) is 12.2. The number of carboxylic acid groups (broad SMARTS) is 1. The fourth-order valence-electron chi connectivity index (χ4n) is 2.46. The summed E-state index contributed by atoms with van der Waals surface area (Å²) in [5.41, 5.74) is 1.65. The Morgan fingerprint density at radius 3 is 2.43 bits per heavy atom. The summed E-state index contributed by atoms with van der Waals surface area (Å²) in [4.78, 5) is 27.2. The summed E-state index contributed by atoms with van der Waals surface area (Å²) in [5, 5.41) is 9.03. The Morgan fingerprint density at radius 1 is 1.24 bits per heavy atom. The number of carbonyl (C=O) groups is 2. The second-order valence-electron chi connectivity index (χ2n) is 5.30. The molecule has 1 aromatic carbocycles. The van der Waals surface area contributed by atoms with E-state index in [2.05, 4.69) is 15.9 Å². The van der Waals surface area contributed by atoms with Crippen molar-refractivity contribution in [3.63, 3.8) is 0 Å².